The highest BCUT2D eigenvalue weighted by atomic mass is 15.8. The maximum absolute atomic E-state index is 2.73. The van der Waals surface area contributed by atoms with Gasteiger partial charge in [0.1, 0.15) is 5.79 Å². The van der Waals surface area contributed by atoms with Gasteiger partial charge >= 0.3 is 0 Å². The molecule has 0 N–H and O–H groups in total. The molecule has 0 spiro atoms. The first-order valence-electron chi connectivity index (χ1n) is 10.0. The molecule has 0 bridgehead atoms. The number of nitrogens with zero attached hydrogens (tertiary/aromatic N) is 4. The van der Waals surface area contributed by atoms with E-state index in [0.717, 1.165) is 13.1 Å². The fourth-order valence-corrected chi connectivity index (χ4v) is 4.12. The van der Waals surface area contributed by atoms with Crippen LogP contribution in [0.25, 0.3) is 0 Å². The molecule has 0 radical (unpaired) electrons. The van der Waals surface area contributed by atoms with E-state index in [2.05, 4.69) is 61.6 Å². The lowest BCUT2D eigenvalue weighted by atomic mass is 10.0. The zero-order valence-corrected chi connectivity index (χ0v) is 16.8. The maximum Gasteiger partial charge on any atom is 0.143 e. The van der Waals surface area contributed by atoms with Crippen LogP contribution in [0.5, 0.6) is 0 Å². The second-order valence-corrected chi connectivity index (χ2v) is 7.08. The summed E-state index contributed by atoms with van der Waals surface area (Å²) in [5.41, 5.74) is 0. The summed E-state index contributed by atoms with van der Waals surface area (Å²) in [6.07, 6.45) is 9.04. The molecule has 1 aliphatic rings. The van der Waals surface area contributed by atoms with E-state index >= 15 is 0 Å². The number of hydrazine groups is 1. The first kappa shape index (κ1) is 20.9. The lowest BCUT2D eigenvalue weighted by Gasteiger charge is -2.59. The van der Waals surface area contributed by atoms with Crippen LogP contribution in [0.4, 0.5) is 0 Å². The van der Waals surface area contributed by atoms with Crippen LogP contribution >= 0.6 is 0 Å². The Kier molecular flexibility index (Phi) is 9.67. The third-order valence-corrected chi connectivity index (χ3v) is 5.41. The van der Waals surface area contributed by atoms with E-state index in [1.807, 2.05) is 0 Å². The molecule has 0 aromatic carbocycles. The quantitative estimate of drug-likeness (QED) is 0.535. The largest absolute Gasteiger partial charge is 0.278 e. The zero-order valence-electron chi connectivity index (χ0n) is 16.8. The normalized spacial score (nSPS) is 23.3. The molecule has 0 aliphatic carbocycles. The van der Waals surface area contributed by atoms with E-state index in [4.69, 9.17) is 0 Å². The van der Waals surface area contributed by atoms with E-state index in [-0.39, 0.29) is 5.79 Å². The zero-order chi connectivity index (χ0) is 17.3. The Morgan fingerprint density at radius 3 is 1.87 bits per heavy atom. The van der Waals surface area contributed by atoms with Crippen molar-refractivity contribution in [3.05, 3.63) is 0 Å². The number of hydrogen-bond acceptors (Lipinski definition) is 4. The summed E-state index contributed by atoms with van der Waals surface area (Å²) in [5.74, 6) is 0.0588. The smallest absolute Gasteiger partial charge is 0.143 e. The Labute approximate surface area is 145 Å². The average molecular weight is 327 g/mol. The number of hydrogen-bond donors (Lipinski definition) is 0. The van der Waals surface area contributed by atoms with Crippen LogP contribution in [0.2, 0.25) is 0 Å². The van der Waals surface area contributed by atoms with Gasteiger partial charge in [-0.15, -0.1) is 0 Å². The van der Waals surface area contributed by atoms with Crippen LogP contribution in [0.1, 0.15) is 72.6 Å². The lowest BCUT2D eigenvalue weighted by molar-refractivity contribution is -0.253. The third kappa shape index (κ3) is 4.91. The summed E-state index contributed by atoms with van der Waals surface area (Å²) < 4.78 is 0. The van der Waals surface area contributed by atoms with Crippen molar-refractivity contribution in [1.29, 1.82) is 0 Å². The molecule has 0 amide bonds. The molecule has 1 atom stereocenters. The second-order valence-electron chi connectivity index (χ2n) is 7.08. The fourth-order valence-electron chi connectivity index (χ4n) is 4.12. The van der Waals surface area contributed by atoms with Gasteiger partial charge < -0.3 is 0 Å². The summed E-state index contributed by atoms with van der Waals surface area (Å²) in [6.45, 7) is 15.0. The van der Waals surface area contributed by atoms with Gasteiger partial charge in [0.2, 0.25) is 0 Å². The monoisotopic (exact) mass is 326 g/mol. The first-order valence-corrected chi connectivity index (χ1v) is 10.0. The molecule has 138 valence electrons. The van der Waals surface area contributed by atoms with Crippen LogP contribution in [-0.4, -0.2) is 72.4 Å². The van der Waals surface area contributed by atoms with Gasteiger partial charge in [-0.1, -0.05) is 40.5 Å². The third-order valence-electron chi connectivity index (χ3n) is 5.41. The molecule has 1 saturated heterocycles. The van der Waals surface area contributed by atoms with E-state index in [1.165, 1.54) is 64.6 Å². The first-order chi connectivity index (χ1) is 11.1. The molecule has 1 aliphatic heterocycles. The van der Waals surface area contributed by atoms with Gasteiger partial charge in [0.05, 0.1) is 0 Å². The molecule has 1 unspecified atom stereocenters. The summed E-state index contributed by atoms with van der Waals surface area (Å²) in [7, 11) is 4.54. The molecule has 4 nitrogen and oxygen atoms in total. The van der Waals surface area contributed by atoms with Crippen molar-refractivity contribution < 1.29 is 0 Å². The van der Waals surface area contributed by atoms with Crippen molar-refractivity contribution in [2.45, 2.75) is 78.4 Å². The van der Waals surface area contributed by atoms with Crippen LogP contribution in [0.3, 0.4) is 0 Å². The molecule has 0 saturated carbocycles. The van der Waals surface area contributed by atoms with E-state index < -0.39 is 0 Å². The van der Waals surface area contributed by atoms with E-state index in [9.17, 15) is 0 Å². The Balaban J connectivity index is 3.10. The summed E-state index contributed by atoms with van der Waals surface area (Å²) >= 11 is 0. The second kappa shape index (κ2) is 10.7. The number of piperidine rings is 1. The fraction of sp³-hybridized carbons (Fsp3) is 1.00. The molecule has 1 heterocycles. The Morgan fingerprint density at radius 2 is 1.43 bits per heavy atom. The summed E-state index contributed by atoms with van der Waals surface area (Å²) in [6, 6.07) is 0. The van der Waals surface area contributed by atoms with Gasteiger partial charge in [0.25, 0.3) is 0 Å². The number of rotatable bonds is 11. The van der Waals surface area contributed by atoms with Gasteiger partial charge in [0, 0.05) is 19.6 Å². The molecule has 4 heteroatoms. The van der Waals surface area contributed by atoms with E-state index in [0.29, 0.717) is 0 Å². The van der Waals surface area contributed by atoms with Gasteiger partial charge in [-0.05, 0) is 59.3 Å². The number of unbranched alkanes of at least 4 members (excludes halogenated alkanes) is 2. The standard InChI is InChI=1S/C19H42N4/c1-7-11-16-22(17-12-8-2)23-18-14-13-15-19(23,20(5)6)21(9-3)10-4/h7-18H2,1-6H3. The molecular weight excluding hydrogens is 284 g/mol. The lowest BCUT2D eigenvalue weighted by Crippen LogP contribution is -2.73. The molecule has 0 aromatic heterocycles. The van der Waals surface area contributed by atoms with E-state index in [1.54, 1.807) is 0 Å². The summed E-state index contributed by atoms with van der Waals surface area (Å²) in [4.78, 5) is 5.14. The minimum atomic E-state index is 0.0588. The molecule has 1 fully saturated rings. The molecule has 23 heavy (non-hydrogen) atoms. The van der Waals surface area contributed by atoms with Crippen molar-refractivity contribution in [2.75, 3.05) is 46.8 Å². The molecule has 0 aromatic rings. The average Bonchev–Trinajstić information content (AvgIpc) is 2.56. The van der Waals surface area contributed by atoms with Gasteiger partial charge in [-0.25, -0.2) is 10.0 Å². The topological polar surface area (TPSA) is 13.0 Å². The minimum Gasteiger partial charge on any atom is -0.278 e. The Morgan fingerprint density at radius 1 is 0.870 bits per heavy atom. The van der Waals surface area contributed by atoms with Crippen molar-refractivity contribution in [3.63, 3.8) is 0 Å². The summed E-state index contributed by atoms with van der Waals surface area (Å²) in [5, 5.41) is 5.42. The van der Waals surface area contributed by atoms with Crippen molar-refractivity contribution in [3.8, 4) is 0 Å². The van der Waals surface area contributed by atoms with Crippen molar-refractivity contribution >= 4 is 0 Å². The van der Waals surface area contributed by atoms with Crippen LogP contribution in [0.15, 0.2) is 0 Å². The van der Waals surface area contributed by atoms with Gasteiger partial charge in [0.15, 0.2) is 0 Å². The highest BCUT2D eigenvalue weighted by Gasteiger charge is 2.46. The predicted molar refractivity (Wildman–Crippen MR) is 101 cm³/mol. The maximum atomic E-state index is 2.73. The molecule has 1 rings (SSSR count). The van der Waals surface area contributed by atoms with Gasteiger partial charge in [-0.2, -0.15) is 0 Å². The van der Waals surface area contributed by atoms with Crippen LogP contribution in [-0.2, 0) is 0 Å². The Hall–Kier alpha value is -0.160. The molecular formula is C19H42N4. The van der Waals surface area contributed by atoms with Crippen molar-refractivity contribution in [2.24, 2.45) is 0 Å². The van der Waals surface area contributed by atoms with Crippen LogP contribution in [0, 0.1) is 0 Å². The van der Waals surface area contributed by atoms with Gasteiger partial charge in [-0.3, -0.25) is 9.80 Å². The van der Waals surface area contributed by atoms with Crippen molar-refractivity contribution in [1.82, 2.24) is 19.8 Å². The van der Waals surface area contributed by atoms with Crippen LogP contribution < -0.4 is 0 Å². The Bertz CT molecular complexity index is 296. The highest BCUT2D eigenvalue weighted by molar-refractivity contribution is 4.90. The minimum absolute atomic E-state index is 0.0588. The highest BCUT2D eigenvalue weighted by Crippen LogP contribution is 2.35. The SMILES string of the molecule is CCCCN(CCCC)N1CCCCC1(N(C)C)N(CC)CC. The predicted octanol–water partition coefficient (Wildman–Crippen LogP) is 3.85.